The zero-order valence-corrected chi connectivity index (χ0v) is 20.0. The Bertz CT molecular complexity index is 842. The van der Waals surface area contributed by atoms with Crippen LogP contribution in [0, 0.1) is 0 Å². The van der Waals surface area contributed by atoms with Crippen LogP contribution in [-0.4, -0.2) is 35.1 Å². The second-order valence-electron chi connectivity index (χ2n) is 6.70. The van der Waals surface area contributed by atoms with Crippen LogP contribution in [0.1, 0.15) is 32.3 Å². The van der Waals surface area contributed by atoms with Crippen molar-refractivity contribution in [2.75, 3.05) is 12.3 Å². The van der Waals surface area contributed by atoms with E-state index >= 15 is 0 Å². The number of amides is 2. The van der Waals surface area contributed by atoms with Gasteiger partial charge in [-0.25, -0.2) is 0 Å². The van der Waals surface area contributed by atoms with Gasteiger partial charge in [0.15, 0.2) is 0 Å². The van der Waals surface area contributed by atoms with E-state index in [1.54, 1.807) is 41.8 Å². The lowest BCUT2D eigenvalue weighted by Crippen LogP contribution is -2.47. The number of nitrogens with zero attached hydrogens (tertiary/aromatic N) is 1. The summed E-state index contributed by atoms with van der Waals surface area (Å²) >= 11 is 20.2. The quantitative estimate of drug-likeness (QED) is 0.327. The molecule has 0 fully saturated rings. The van der Waals surface area contributed by atoms with Gasteiger partial charge in [-0.05, 0) is 62.4 Å². The second kappa shape index (κ2) is 12.5. The SMILES string of the molecule is CCNC(=O)[C@@H](C)N(Cc1c(Cl)cccc1Cl)C(=O)CCCSc1ccc(Cl)cc1. The van der Waals surface area contributed by atoms with Crippen LogP contribution in [-0.2, 0) is 16.1 Å². The highest BCUT2D eigenvalue weighted by molar-refractivity contribution is 7.99. The Morgan fingerprint density at radius 2 is 1.70 bits per heavy atom. The lowest BCUT2D eigenvalue weighted by Gasteiger charge is -2.29. The molecule has 1 N–H and O–H groups in total. The molecule has 8 heteroatoms. The molecule has 0 aliphatic rings. The first kappa shape index (κ1) is 24.9. The first-order valence-electron chi connectivity index (χ1n) is 9.72. The summed E-state index contributed by atoms with van der Waals surface area (Å²) in [6, 6.07) is 12.2. The fourth-order valence-corrected chi connectivity index (χ4v) is 4.34. The van der Waals surface area contributed by atoms with Crippen molar-refractivity contribution in [1.29, 1.82) is 0 Å². The molecule has 2 amide bonds. The van der Waals surface area contributed by atoms with Gasteiger partial charge in [-0.1, -0.05) is 40.9 Å². The Hall–Kier alpha value is -1.40. The highest BCUT2D eigenvalue weighted by atomic mass is 35.5. The predicted octanol–water partition coefficient (Wildman–Crippen LogP) is 6.07. The summed E-state index contributed by atoms with van der Waals surface area (Å²) in [4.78, 5) is 28.1. The minimum Gasteiger partial charge on any atom is -0.355 e. The second-order valence-corrected chi connectivity index (χ2v) is 9.12. The summed E-state index contributed by atoms with van der Waals surface area (Å²) in [5, 5.41) is 4.42. The molecule has 2 aromatic carbocycles. The fraction of sp³-hybridized carbons (Fsp3) is 0.364. The van der Waals surface area contributed by atoms with E-state index in [2.05, 4.69) is 5.32 Å². The molecule has 0 bridgehead atoms. The van der Waals surface area contributed by atoms with Gasteiger partial charge in [0.25, 0.3) is 0 Å². The van der Waals surface area contributed by atoms with Crippen LogP contribution in [0.5, 0.6) is 0 Å². The number of rotatable bonds is 10. The van der Waals surface area contributed by atoms with Gasteiger partial charge in [0, 0.05) is 45.0 Å². The molecule has 0 saturated carbocycles. The van der Waals surface area contributed by atoms with E-state index in [1.165, 1.54) is 0 Å². The monoisotopic (exact) mass is 486 g/mol. The first-order chi connectivity index (χ1) is 14.3. The van der Waals surface area contributed by atoms with Crippen molar-refractivity contribution >= 4 is 58.4 Å². The molecule has 0 spiro atoms. The Labute approximate surface area is 197 Å². The van der Waals surface area contributed by atoms with Gasteiger partial charge in [0.1, 0.15) is 6.04 Å². The normalized spacial score (nSPS) is 11.8. The van der Waals surface area contributed by atoms with E-state index in [4.69, 9.17) is 34.8 Å². The average Bonchev–Trinajstić information content (AvgIpc) is 2.72. The smallest absolute Gasteiger partial charge is 0.242 e. The van der Waals surface area contributed by atoms with Gasteiger partial charge < -0.3 is 10.2 Å². The van der Waals surface area contributed by atoms with Gasteiger partial charge in [0.2, 0.25) is 11.8 Å². The molecule has 0 radical (unpaired) electrons. The van der Waals surface area contributed by atoms with Crippen LogP contribution in [0.2, 0.25) is 15.1 Å². The molecule has 1 atom stereocenters. The summed E-state index contributed by atoms with van der Waals surface area (Å²) in [5.74, 6) is 0.467. The van der Waals surface area contributed by atoms with Crippen LogP contribution >= 0.6 is 46.6 Å². The molecule has 2 rings (SSSR count). The van der Waals surface area contributed by atoms with Crippen LogP contribution in [0.15, 0.2) is 47.4 Å². The van der Waals surface area contributed by atoms with Crippen LogP contribution < -0.4 is 5.32 Å². The fourth-order valence-electron chi connectivity index (χ4n) is 2.85. The standard InChI is InChI=1S/C22H25Cl3N2O2S/c1-3-26-22(29)15(2)27(14-18-19(24)6-4-7-20(18)25)21(28)8-5-13-30-17-11-9-16(23)10-12-17/h4,6-7,9-12,15H,3,5,8,13-14H2,1-2H3,(H,26,29)/t15-/m1/s1. The summed E-state index contributed by atoms with van der Waals surface area (Å²) in [7, 11) is 0. The van der Waals surface area contributed by atoms with Gasteiger partial charge in [-0.3, -0.25) is 9.59 Å². The topological polar surface area (TPSA) is 49.4 Å². The van der Waals surface area contributed by atoms with Crippen LogP contribution in [0.4, 0.5) is 0 Å². The van der Waals surface area contributed by atoms with E-state index in [-0.39, 0.29) is 18.4 Å². The molecule has 0 saturated heterocycles. The molecule has 30 heavy (non-hydrogen) atoms. The number of hydrogen-bond acceptors (Lipinski definition) is 3. The van der Waals surface area contributed by atoms with E-state index < -0.39 is 6.04 Å². The van der Waals surface area contributed by atoms with Crippen molar-refractivity contribution in [3.8, 4) is 0 Å². The molecule has 0 aromatic heterocycles. The molecule has 4 nitrogen and oxygen atoms in total. The number of nitrogens with one attached hydrogen (secondary N) is 1. The summed E-state index contributed by atoms with van der Waals surface area (Å²) in [6.07, 6.45) is 1.01. The third kappa shape index (κ3) is 7.38. The molecule has 0 unspecified atom stereocenters. The van der Waals surface area contributed by atoms with Crippen molar-refractivity contribution in [3.63, 3.8) is 0 Å². The highest BCUT2D eigenvalue weighted by Crippen LogP contribution is 2.27. The van der Waals surface area contributed by atoms with Crippen molar-refractivity contribution in [2.45, 2.75) is 44.2 Å². The third-order valence-corrected chi connectivity index (χ3v) is 6.58. The van der Waals surface area contributed by atoms with Gasteiger partial charge in [0.05, 0.1) is 0 Å². The Morgan fingerprint density at radius 1 is 1.07 bits per heavy atom. The Kier molecular flexibility index (Phi) is 10.3. The maximum atomic E-state index is 13.0. The van der Waals surface area contributed by atoms with Gasteiger partial charge in [-0.15, -0.1) is 11.8 Å². The molecule has 162 valence electrons. The zero-order valence-electron chi connectivity index (χ0n) is 17.0. The van der Waals surface area contributed by atoms with Gasteiger partial charge in [-0.2, -0.15) is 0 Å². The number of likely N-dealkylation sites (N-methyl/N-ethyl adjacent to an activating group) is 1. The Balaban J connectivity index is 2.04. The van der Waals surface area contributed by atoms with Gasteiger partial charge >= 0.3 is 0 Å². The molecule has 2 aromatic rings. The van der Waals surface area contributed by atoms with E-state index in [1.807, 2.05) is 31.2 Å². The number of hydrogen-bond donors (Lipinski definition) is 1. The van der Waals surface area contributed by atoms with Crippen molar-refractivity contribution in [3.05, 3.63) is 63.1 Å². The lowest BCUT2D eigenvalue weighted by atomic mass is 10.1. The largest absolute Gasteiger partial charge is 0.355 e. The Morgan fingerprint density at radius 3 is 2.30 bits per heavy atom. The number of benzene rings is 2. The lowest BCUT2D eigenvalue weighted by molar-refractivity contribution is -0.140. The minimum absolute atomic E-state index is 0.110. The molecule has 0 heterocycles. The molecular weight excluding hydrogens is 463 g/mol. The van der Waals surface area contributed by atoms with Crippen molar-refractivity contribution < 1.29 is 9.59 Å². The minimum atomic E-state index is -0.631. The summed E-state index contributed by atoms with van der Waals surface area (Å²) < 4.78 is 0. The number of halogens is 3. The summed E-state index contributed by atoms with van der Waals surface area (Å²) in [5.41, 5.74) is 0.640. The molecule has 0 aliphatic heterocycles. The van der Waals surface area contributed by atoms with E-state index in [9.17, 15) is 9.59 Å². The average molecular weight is 488 g/mol. The number of carbonyl (C=O) groups is 2. The number of carbonyl (C=O) groups excluding carboxylic acids is 2. The molecule has 0 aliphatic carbocycles. The van der Waals surface area contributed by atoms with Crippen LogP contribution in [0.25, 0.3) is 0 Å². The first-order valence-corrected chi connectivity index (χ1v) is 11.8. The third-order valence-electron chi connectivity index (χ3n) is 4.53. The zero-order chi connectivity index (χ0) is 22.1. The van der Waals surface area contributed by atoms with Crippen LogP contribution in [0.3, 0.4) is 0 Å². The van der Waals surface area contributed by atoms with Crippen molar-refractivity contribution in [2.24, 2.45) is 0 Å². The van der Waals surface area contributed by atoms with Crippen molar-refractivity contribution in [1.82, 2.24) is 10.2 Å². The maximum Gasteiger partial charge on any atom is 0.242 e. The molecular formula is C22H25Cl3N2O2S. The summed E-state index contributed by atoms with van der Waals surface area (Å²) in [6.45, 7) is 4.24. The van der Waals surface area contributed by atoms with E-state index in [0.29, 0.717) is 40.0 Å². The number of thioether (sulfide) groups is 1. The maximum absolute atomic E-state index is 13.0. The predicted molar refractivity (Wildman–Crippen MR) is 127 cm³/mol. The van der Waals surface area contributed by atoms with E-state index in [0.717, 1.165) is 10.6 Å². The highest BCUT2D eigenvalue weighted by Gasteiger charge is 2.26.